The highest BCUT2D eigenvalue weighted by molar-refractivity contribution is 5.67. The Kier molecular flexibility index (Phi) is 2.68. The molecule has 2 aromatic rings. The van der Waals surface area contributed by atoms with Gasteiger partial charge in [-0.25, -0.2) is 9.18 Å². The Balaban J connectivity index is 2.67. The van der Waals surface area contributed by atoms with E-state index in [1.54, 1.807) is 24.3 Å². The van der Waals surface area contributed by atoms with Gasteiger partial charge in [0.2, 0.25) is 0 Å². The molecule has 0 aliphatic carbocycles. The number of hydrogen-bond acceptors (Lipinski definition) is 3. The average Bonchev–Trinajstić information content (AvgIpc) is 2.32. The number of aromatic amines is 1. The normalized spacial score (nSPS) is 10.1. The minimum Gasteiger partial charge on any atom is -0.496 e. The molecule has 1 aromatic carbocycles. The van der Waals surface area contributed by atoms with Crippen LogP contribution in [0.25, 0.3) is 11.3 Å². The summed E-state index contributed by atoms with van der Waals surface area (Å²) in [6.45, 7) is 0. The molecule has 0 aliphatic rings. The van der Waals surface area contributed by atoms with Crippen molar-refractivity contribution in [2.45, 2.75) is 0 Å². The highest BCUT2D eigenvalue weighted by Gasteiger charge is 2.11. The van der Waals surface area contributed by atoms with Crippen LogP contribution >= 0.6 is 0 Å². The van der Waals surface area contributed by atoms with Gasteiger partial charge in [0.05, 0.1) is 19.0 Å². The monoisotopic (exact) mass is 220 g/mol. The van der Waals surface area contributed by atoms with Gasteiger partial charge in [0, 0.05) is 5.56 Å². The van der Waals surface area contributed by atoms with Gasteiger partial charge in [-0.05, 0) is 12.1 Å². The lowest BCUT2D eigenvalue weighted by atomic mass is 10.1. The summed E-state index contributed by atoms with van der Waals surface area (Å²) in [5, 5.41) is 0. The number of para-hydroxylation sites is 1. The highest BCUT2D eigenvalue weighted by Crippen LogP contribution is 2.28. The third kappa shape index (κ3) is 1.79. The molecule has 0 bridgehead atoms. The number of ether oxygens (including phenoxy) is 1. The van der Waals surface area contributed by atoms with Crippen LogP contribution < -0.4 is 10.4 Å². The van der Waals surface area contributed by atoms with Crippen molar-refractivity contribution in [3.63, 3.8) is 0 Å². The number of nitrogens with one attached hydrogen (secondary N) is 1. The molecule has 0 saturated carbocycles. The summed E-state index contributed by atoms with van der Waals surface area (Å²) < 4.78 is 18.6. The van der Waals surface area contributed by atoms with Crippen LogP contribution in [0.5, 0.6) is 5.75 Å². The second-order valence-corrected chi connectivity index (χ2v) is 3.11. The molecule has 0 amide bonds. The molecule has 0 fully saturated rings. The van der Waals surface area contributed by atoms with E-state index in [9.17, 15) is 9.18 Å². The number of methoxy groups -OCH3 is 1. The van der Waals surface area contributed by atoms with Crippen LogP contribution in [0.4, 0.5) is 4.39 Å². The minimum absolute atomic E-state index is 0.0810. The zero-order valence-corrected chi connectivity index (χ0v) is 8.53. The number of nitrogens with zero attached hydrogens (tertiary/aromatic N) is 1. The third-order valence-electron chi connectivity index (χ3n) is 2.14. The molecule has 0 atom stereocenters. The summed E-state index contributed by atoms with van der Waals surface area (Å²) in [7, 11) is 1.48. The van der Waals surface area contributed by atoms with Crippen molar-refractivity contribution < 1.29 is 9.13 Å². The second-order valence-electron chi connectivity index (χ2n) is 3.11. The summed E-state index contributed by atoms with van der Waals surface area (Å²) in [6.07, 6.45) is 0.889. The Bertz CT molecular complexity index is 566. The number of aromatic nitrogens is 2. The van der Waals surface area contributed by atoms with Crippen LogP contribution in [0.1, 0.15) is 0 Å². The lowest BCUT2D eigenvalue weighted by Gasteiger charge is -2.07. The van der Waals surface area contributed by atoms with Crippen LogP contribution in [-0.2, 0) is 0 Å². The fraction of sp³-hybridized carbons (Fsp3) is 0.0909. The van der Waals surface area contributed by atoms with Gasteiger partial charge in [0.15, 0.2) is 5.82 Å². The summed E-state index contributed by atoms with van der Waals surface area (Å²) in [5.41, 5.74) is -0.0262. The zero-order chi connectivity index (χ0) is 11.5. The molecule has 1 N–H and O–H groups in total. The van der Waals surface area contributed by atoms with Crippen LogP contribution in [0.15, 0.2) is 35.3 Å². The van der Waals surface area contributed by atoms with E-state index in [1.165, 1.54) is 7.11 Å². The van der Waals surface area contributed by atoms with E-state index in [2.05, 4.69) is 9.97 Å². The van der Waals surface area contributed by atoms with E-state index >= 15 is 0 Å². The fourth-order valence-electron chi connectivity index (χ4n) is 1.43. The number of halogens is 1. The van der Waals surface area contributed by atoms with E-state index < -0.39 is 11.5 Å². The van der Waals surface area contributed by atoms with Crippen LogP contribution in [0.2, 0.25) is 0 Å². The molecule has 5 heteroatoms. The van der Waals surface area contributed by atoms with Crippen molar-refractivity contribution in [2.75, 3.05) is 7.11 Å². The minimum atomic E-state index is -0.595. The van der Waals surface area contributed by atoms with E-state index in [0.717, 1.165) is 6.20 Å². The van der Waals surface area contributed by atoms with Crippen molar-refractivity contribution in [3.05, 3.63) is 46.8 Å². The highest BCUT2D eigenvalue weighted by atomic mass is 19.1. The van der Waals surface area contributed by atoms with Gasteiger partial charge in [0.25, 0.3) is 0 Å². The van der Waals surface area contributed by atoms with E-state index in [0.29, 0.717) is 11.3 Å². The maximum absolute atomic E-state index is 13.5. The number of benzene rings is 1. The van der Waals surface area contributed by atoms with E-state index in [-0.39, 0.29) is 5.69 Å². The van der Waals surface area contributed by atoms with Crippen molar-refractivity contribution in [1.29, 1.82) is 0 Å². The van der Waals surface area contributed by atoms with Crippen LogP contribution in [-0.4, -0.2) is 17.1 Å². The Morgan fingerprint density at radius 2 is 2.12 bits per heavy atom. The Morgan fingerprint density at radius 3 is 2.88 bits per heavy atom. The maximum atomic E-state index is 13.5. The quantitative estimate of drug-likeness (QED) is 0.836. The molecular weight excluding hydrogens is 211 g/mol. The van der Waals surface area contributed by atoms with Gasteiger partial charge in [-0.1, -0.05) is 12.1 Å². The van der Waals surface area contributed by atoms with Crippen LogP contribution in [0, 0.1) is 5.82 Å². The van der Waals surface area contributed by atoms with Gasteiger partial charge >= 0.3 is 5.69 Å². The van der Waals surface area contributed by atoms with Crippen molar-refractivity contribution in [2.24, 2.45) is 0 Å². The molecule has 82 valence electrons. The predicted octanol–water partition coefficient (Wildman–Crippen LogP) is 1.58. The van der Waals surface area contributed by atoms with Crippen molar-refractivity contribution in [1.82, 2.24) is 9.97 Å². The molecule has 0 unspecified atom stereocenters. The summed E-state index contributed by atoms with van der Waals surface area (Å²) in [5.74, 6) is -0.104. The fourth-order valence-corrected chi connectivity index (χ4v) is 1.43. The Labute approximate surface area is 90.7 Å². The first-order chi connectivity index (χ1) is 7.72. The molecule has 0 spiro atoms. The molecule has 0 aliphatic heterocycles. The average molecular weight is 220 g/mol. The summed E-state index contributed by atoms with van der Waals surface area (Å²) >= 11 is 0. The van der Waals surface area contributed by atoms with Crippen molar-refractivity contribution >= 4 is 0 Å². The predicted molar refractivity (Wildman–Crippen MR) is 56.8 cm³/mol. The molecule has 0 saturated heterocycles. The summed E-state index contributed by atoms with van der Waals surface area (Å²) in [6, 6.07) is 6.84. The largest absolute Gasteiger partial charge is 0.496 e. The molecule has 1 aromatic heterocycles. The standard InChI is InChI=1S/C11H9FN2O2/c1-16-9-5-3-2-4-7(9)10-8(12)6-13-11(15)14-10/h2-6H,1H3,(H,13,14,15). The zero-order valence-electron chi connectivity index (χ0n) is 8.53. The molecule has 0 radical (unpaired) electrons. The van der Waals surface area contributed by atoms with Gasteiger partial charge < -0.3 is 9.72 Å². The lowest BCUT2D eigenvalue weighted by molar-refractivity contribution is 0.416. The lowest BCUT2D eigenvalue weighted by Crippen LogP contribution is -2.12. The topological polar surface area (TPSA) is 55.0 Å². The number of H-pyrrole nitrogens is 1. The maximum Gasteiger partial charge on any atom is 0.345 e. The Morgan fingerprint density at radius 1 is 1.38 bits per heavy atom. The molecular formula is C11H9FN2O2. The van der Waals surface area contributed by atoms with Gasteiger partial charge in [0.1, 0.15) is 5.75 Å². The molecule has 1 heterocycles. The van der Waals surface area contributed by atoms with Gasteiger partial charge in [-0.15, -0.1) is 0 Å². The number of rotatable bonds is 2. The smallest absolute Gasteiger partial charge is 0.345 e. The van der Waals surface area contributed by atoms with Crippen molar-refractivity contribution in [3.8, 4) is 17.0 Å². The SMILES string of the molecule is COc1ccccc1-c1[nH]c(=O)ncc1F. The third-order valence-corrected chi connectivity index (χ3v) is 2.14. The Hall–Kier alpha value is -2.17. The van der Waals surface area contributed by atoms with Gasteiger partial charge in [-0.2, -0.15) is 4.98 Å². The second kappa shape index (κ2) is 4.14. The summed E-state index contributed by atoms with van der Waals surface area (Å²) in [4.78, 5) is 16.7. The first-order valence-corrected chi connectivity index (χ1v) is 4.60. The van der Waals surface area contributed by atoms with Gasteiger partial charge in [-0.3, -0.25) is 0 Å². The van der Waals surface area contributed by atoms with E-state index in [1.807, 2.05) is 0 Å². The van der Waals surface area contributed by atoms with E-state index in [4.69, 9.17) is 4.74 Å². The molecule has 2 rings (SSSR count). The first-order valence-electron chi connectivity index (χ1n) is 4.60. The number of hydrogen-bond donors (Lipinski definition) is 1. The van der Waals surface area contributed by atoms with Crippen LogP contribution in [0.3, 0.4) is 0 Å². The first kappa shape index (κ1) is 10.4. The molecule has 16 heavy (non-hydrogen) atoms. The molecule has 4 nitrogen and oxygen atoms in total.